The summed E-state index contributed by atoms with van der Waals surface area (Å²) in [4.78, 5) is 4.80. The molecule has 0 spiro atoms. The topological polar surface area (TPSA) is 32.8 Å². The average Bonchev–Trinajstić information content (AvgIpc) is 3.95. The number of furan rings is 2. The van der Waals surface area contributed by atoms with Crippen LogP contribution in [0.4, 0.5) is 34.1 Å². The molecule has 0 amide bonds. The highest BCUT2D eigenvalue weighted by Crippen LogP contribution is 2.46. The van der Waals surface area contributed by atoms with Gasteiger partial charge in [0.2, 0.25) is 0 Å². The number of para-hydroxylation sites is 2. The van der Waals surface area contributed by atoms with Crippen molar-refractivity contribution in [3.8, 4) is 22.3 Å². The highest BCUT2D eigenvalue weighted by atomic mass is 16.3. The largest absolute Gasteiger partial charge is 0.456 e. The third kappa shape index (κ3) is 7.13. The fourth-order valence-electron chi connectivity index (χ4n) is 11.1. The molecule has 13 rings (SSSR count). The monoisotopic (exact) mass is 914 g/mol. The molecule has 11 aromatic carbocycles. The first-order valence-corrected chi connectivity index (χ1v) is 24.5. The van der Waals surface area contributed by atoms with Crippen LogP contribution in [0.2, 0.25) is 0 Å². The second kappa shape index (κ2) is 16.7. The third-order valence-electron chi connectivity index (χ3n) is 14.6. The lowest BCUT2D eigenvalue weighted by molar-refractivity contribution is 0.651. The molecule has 2 aromatic heterocycles. The summed E-state index contributed by atoms with van der Waals surface area (Å²) in [5, 5.41) is 8.90. The Bertz CT molecular complexity index is 3930. The van der Waals surface area contributed by atoms with Crippen molar-refractivity contribution in [1.82, 2.24) is 0 Å². The maximum absolute atomic E-state index is 6.85. The van der Waals surface area contributed by atoms with Gasteiger partial charge < -0.3 is 18.6 Å². The normalized spacial score (nSPS) is 11.7. The molecular formula is C67H50N2O2. The van der Waals surface area contributed by atoms with Gasteiger partial charge in [0.1, 0.15) is 22.3 Å². The zero-order valence-corrected chi connectivity index (χ0v) is 40.4. The lowest BCUT2D eigenvalue weighted by Gasteiger charge is -2.29. The molecule has 2 heterocycles. The number of anilines is 6. The Morgan fingerprint density at radius 2 is 0.662 bits per heavy atom. The van der Waals surface area contributed by atoms with Gasteiger partial charge in [-0.15, -0.1) is 0 Å². The summed E-state index contributed by atoms with van der Waals surface area (Å²) in [6.07, 6.45) is 0. The molecule has 0 aliphatic heterocycles. The molecule has 0 unspecified atom stereocenters. The summed E-state index contributed by atoms with van der Waals surface area (Å²) in [7, 11) is 0. The highest BCUT2D eigenvalue weighted by Gasteiger charge is 2.23. The van der Waals surface area contributed by atoms with Crippen LogP contribution >= 0.6 is 0 Å². The minimum absolute atomic E-state index is 0.853. The fourth-order valence-corrected chi connectivity index (χ4v) is 11.1. The molecule has 4 nitrogen and oxygen atoms in total. The standard InChI is InChI=1S/C67H50N2O2/c1-41-16-12-17-42(2)64(41)68(54-26-14-24-48(32-54)46-20-8-6-9-21-46)56-30-28-50-36-58-60-40-61-59-37-51-29-31-57(35-53(51)39-63(59)71-67(61)45(5)66(60)70-62(58)38-52(50)34-56)69(65-43(3)18-13-19-44(65)4)55-27-15-25-49(33-55)47-22-10-7-11-23-47/h6-40H,1-5H3. The lowest BCUT2D eigenvalue weighted by atomic mass is 9.99. The summed E-state index contributed by atoms with van der Waals surface area (Å²) in [6.45, 7) is 10.9. The van der Waals surface area contributed by atoms with Crippen LogP contribution in [-0.4, -0.2) is 0 Å². The quantitative estimate of drug-likeness (QED) is 0.152. The number of hydrogen-bond donors (Lipinski definition) is 0. The van der Waals surface area contributed by atoms with Crippen LogP contribution in [0, 0.1) is 34.6 Å². The summed E-state index contributed by atoms with van der Waals surface area (Å²) in [6, 6.07) is 76.9. The first-order valence-electron chi connectivity index (χ1n) is 24.5. The van der Waals surface area contributed by atoms with E-state index in [0.717, 1.165) is 93.7 Å². The van der Waals surface area contributed by atoms with Crippen LogP contribution in [0.15, 0.2) is 221 Å². The summed E-state index contributed by atoms with van der Waals surface area (Å²) in [5.41, 5.74) is 20.8. The van der Waals surface area contributed by atoms with Crippen molar-refractivity contribution in [3.05, 3.63) is 240 Å². The Balaban J connectivity index is 0.913. The molecule has 0 aliphatic rings. The first-order chi connectivity index (χ1) is 34.7. The van der Waals surface area contributed by atoms with Crippen LogP contribution < -0.4 is 9.80 Å². The molecule has 13 aromatic rings. The molecule has 0 bridgehead atoms. The van der Waals surface area contributed by atoms with E-state index in [0.29, 0.717) is 0 Å². The van der Waals surface area contributed by atoms with Crippen LogP contribution in [0.3, 0.4) is 0 Å². The minimum Gasteiger partial charge on any atom is -0.456 e. The number of hydrogen-bond acceptors (Lipinski definition) is 4. The van der Waals surface area contributed by atoms with Gasteiger partial charge in [0.25, 0.3) is 0 Å². The van der Waals surface area contributed by atoms with Gasteiger partial charge in [-0.3, -0.25) is 0 Å². The van der Waals surface area contributed by atoms with Crippen LogP contribution in [0.5, 0.6) is 0 Å². The summed E-state index contributed by atoms with van der Waals surface area (Å²) in [5.74, 6) is 0. The van der Waals surface area contributed by atoms with E-state index in [1.807, 2.05) is 0 Å². The van der Waals surface area contributed by atoms with E-state index in [9.17, 15) is 0 Å². The smallest absolute Gasteiger partial charge is 0.142 e. The van der Waals surface area contributed by atoms with Crippen molar-refractivity contribution < 1.29 is 8.83 Å². The zero-order chi connectivity index (χ0) is 47.9. The van der Waals surface area contributed by atoms with Gasteiger partial charge in [-0.25, -0.2) is 0 Å². The SMILES string of the molecule is Cc1cccc(C)c1N(c1cccc(-c2ccccc2)c1)c1ccc2cc3c(cc2c1)oc1c(C)c2oc4cc5cc(N(c6cccc(-c7ccccc7)c6)c6c(C)cccc6C)ccc5cc4c2cc13. The fraction of sp³-hybridized carbons (Fsp3) is 0.0746. The summed E-state index contributed by atoms with van der Waals surface area (Å²) >= 11 is 0. The number of fused-ring (bicyclic) bond motifs is 8. The van der Waals surface area contributed by atoms with Gasteiger partial charge in [-0.1, -0.05) is 133 Å². The molecule has 0 N–H and O–H groups in total. The average molecular weight is 915 g/mol. The van der Waals surface area contributed by atoms with E-state index in [1.165, 1.54) is 55.9 Å². The molecule has 0 saturated carbocycles. The summed E-state index contributed by atoms with van der Waals surface area (Å²) < 4.78 is 13.7. The van der Waals surface area contributed by atoms with Gasteiger partial charge >= 0.3 is 0 Å². The van der Waals surface area contributed by atoms with Crippen molar-refractivity contribution in [2.75, 3.05) is 9.80 Å². The van der Waals surface area contributed by atoms with Gasteiger partial charge in [0, 0.05) is 49.9 Å². The van der Waals surface area contributed by atoms with Gasteiger partial charge in [-0.05, 0) is 180 Å². The number of nitrogens with zero attached hydrogens (tertiary/aromatic N) is 2. The number of aryl methyl sites for hydroxylation is 5. The van der Waals surface area contributed by atoms with Crippen LogP contribution in [-0.2, 0) is 0 Å². The van der Waals surface area contributed by atoms with Crippen molar-refractivity contribution in [2.24, 2.45) is 0 Å². The molecule has 0 atom stereocenters. The molecule has 4 heteroatoms. The second-order valence-electron chi connectivity index (χ2n) is 19.2. The van der Waals surface area contributed by atoms with Crippen molar-refractivity contribution in [3.63, 3.8) is 0 Å². The Kier molecular flexibility index (Phi) is 9.93. The van der Waals surface area contributed by atoms with E-state index >= 15 is 0 Å². The third-order valence-corrected chi connectivity index (χ3v) is 14.6. The Labute approximate surface area is 413 Å². The maximum Gasteiger partial charge on any atom is 0.142 e. The Morgan fingerprint density at radius 1 is 0.282 bits per heavy atom. The molecule has 0 fully saturated rings. The molecular weight excluding hydrogens is 865 g/mol. The van der Waals surface area contributed by atoms with Gasteiger partial charge in [0.15, 0.2) is 0 Å². The minimum atomic E-state index is 0.853. The number of benzene rings is 11. The molecule has 0 aliphatic carbocycles. The van der Waals surface area contributed by atoms with E-state index in [1.54, 1.807) is 0 Å². The van der Waals surface area contributed by atoms with Crippen LogP contribution in [0.1, 0.15) is 27.8 Å². The van der Waals surface area contributed by atoms with Crippen molar-refractivity contribution in [2.45, 2.75) is 34.6 Å². The Morgan fingerprint density at radius 3 is 1.08 bits per heavy atom. The maximum atomic E-state index is 6.85. The van der Waals surface area contributed by atoms with Crippen molar-refractivity contribution >= 4 is 99.5 Å². The van der Waals surface area contributed by atoms with Crippen molar-refractivity contribution in [1.29, 1.82) is 0 Å². The van der Waals surface area contributed by atoms with E-state index in [2.05, 4.69) is 257 Å². The second-order valence-corrected chi connectivity index (χ2v) is 19.2. The van der Waals surface area contributed by atoms with E-state index in [4.69, 9.17) is 8.83 Å². The predicted octanol–water partition coefficient (Wildman–Crippen LogP) is 19.6. The van der Waals surface area contributed by atoms with Crippen LogP contribution in [0.25, 0.3) is 87.7 Å². The molecule has 71 heavy (non-hydrogen) atoms. The Hall–Kier alpha value is -8.86. The molecule has 0 radical (unpaired) electrons. The lowest BCUT2D eigenvalue weighted by Crippen LogP contribution is -2.13. The van der Waals surface area contributed by atoms with Gasteiger partial charge in [0.05, 0.1) is 11.4 Å². The predicted molar refractivity (Wildman–Crippen MR) is 300 cm³/mol. The first kappa shape index (κ1) is 42.3. The zero-order valence-electron chi connectivity index (χ0n) is 40.4. The van der Waals surface area contributed by atoms with E-state index < -0.39 is 0 Å². The molecule has 0 saturated heterocycles. The van der Waals surface area contributed by atoms with E-state index in [-0.39, 0.29) is 0 Å². The highest BCUT2D eigenvalue weighted by molar-refractivity contribution is 6.20. The van der Waals surface area contributed by atoms with Gasteiger partial charge in [-0.2, -0.15) is 0 Å². The number of rotatable bonds is 8. The molecule has 340 valence electrons.